The third kappa shape index (κ3) is 3.24. The number of rotatable bonds is 2. The van der Waals surface area contributed by atoms with E-state index in [1.807, 2.05) is 19.1 Å². The Kier molecular flexibility index (Phi) is 4.40. The second-order valence-electron chi connectivity index (χ2n) is 6.75. The first-order chi connectivity index (χ1) is 12.2. The van der Waals surface area contributed by atoms with Gasteiger partial charge in [0.15, 0.2) is 0 Å². The Bertz CT molecular complexity index is 812. The van der Waals surface area contributed by atoms with Gasteiger partial charge in [0.25, 0.3) is 0 Å². The number of ether oxygens (including phenoxy) is 1. The molecule has 2 aromatic carbocycles. The number of amidine groups is 1. The van der Waals surface area contributed by atoms with Crippen LogP contribution in [-0.2, 0) is 11.3 Å². The highest BCUT2D eigenvalue weighted by Crippen LogP contribution is 2.36. The minimum atomic E-state index is -0.191. The van der Waals surface area contributed by atoms with Gasteiger partial charge < -0.3 is 15.4 Å². The fourth-order valence-corrected chi connectivity index (χ4v) is 3.78. The van der Waals surface area contributed by atoms with E-state index in [1.54, 1.807) is 0 Å². The third-order valence-corrected chi connectivity index (χ3v) is 5.32. The Morgan fingerprint density at radius 1 is 1.12 bits per heavy atom. The summed E-state index contributed by atoms with van der Waals surface area (Å²) >= 11 is 6.38. The topological polar surface area (TPSA) is 45.7 Å². The summed E-state index contributed by atoms with van der Waals surface area (Å²) in [7, 11) is 0. The molecule has 1 fully saturated rings. The van der Waals surface area contributed by atoms with E-state index in [9.17, 15) is 0 Å². The molecular weight excluding hydrogens is 334 g/mol. The summed E-state index contributed by atoms with van der Waals surface area (Å²) in [5.74, 6) is 0.978. The molecule has 2 aliphatic rings. The molecule has 4 nitrogen and oxygen atoms in total. The van der Waals surface area contributed by atoms with Crippen molar-refractivity contribution < 1.29 is 4.74 Å². The lowest BCUT2D eigenvalue weighted by molar-refractivity contribution is 0.0778. The number of nitrogens with zero attached hydrogens (tertiary/aromatic N) is 1. The van der Waals surface area contributed by atoms with E-state index in [0.29, 0.717) is 6.54 Å². The van der Waals surface area contributed by atoms with Gasteiger partial charge in [0.05, 0.1) is 23.5 Å². The predicted octanol–water partition coefficient (Wildman–Crippen LogP) is 4.63. The predicted molar refractivity (Wildman–Crippen MR) is 104 cm³/mol. The molecule has 5 heteroatoms. The SMILES string of the molecule is Cc1ccc(CN=C2Nc3ccccc3NC23CCOCC3)c(Cl)c1. The largest absolute Gasteiger partial charge is 0.381 e. The molecule has 4 rings (SSSR count). The van der Waals surface area contributed by atoms with E-state index in [1.165, 1.54) is 0 Å². The van der Waals surface area contributed by atoms with E-state index in [2.05, 4.69) is 41.0 Å². The van der Waals surface area contributed by atoms with Gasteiger partial charge in [0.2, 0.25) is 0 Å². The van der Waals surface area contributed by atoms with Gasteiger partial charge in [0.1, 0.15) is 5.84 Å². The highest BCUT2D eigenvalue weighted by molar-refractivity contribution is 6.31. The molecule has 0 radical (unpaired) electrons. The average molecular weight is 356 g/mol. The third-order valence-electron chi connectivity index (χ3n) is 4.97. The summed E-state index contributed by atoms with van der Waals surface area (Å²) in [6, 6.07) is 14.4. The zero-order valence-electron chi connectivity index (χ0n) is 14.3. The van der Waals surface area contributed by atoms with Gasteiger partial charge in [-0.3, -0.25) is 4.99 Å². The first kappa shape index (κ1) is 16.4. The van der Waals surface area contributed by atoms with Crippen LogP contribution in [0.2, 0.25) is 5.02 Å². The molecule has 0 aromatic heterocycles. The molecule has 2 N–H and O–H groups in total. The molecule has 0 aliphatic carbocycles. The van der Waals surface area contributed by atoms with Crippen LogP contribution >= 0.6 is 11.6 Å². The molecule has 130 valence electrons. The lowest BCUT2D eigenvalue weighted by atomic mass is 9.86. The number of aryl methyl sites for hydroxylation is 1. The van der Waals surface area contributed by atoms with Crippen molar-refractivity contribution in [1.29, 1.82) is 0 Å². The van der Waals surface area contributed by atoms with Gasteiger partial charge in [-0.15, -0.1) is 0 Å². The van der Waals surface area contributed by atoms with Crippen LogP contribution in [0.4, 0.5) is 11.4 Å². The Morgan fingerprint density at radius 3 is 2.64 bits per heavy atom. The molecule has 25 heavy (non-hydrogen) atoms. The molecule has 0 atom stereocenters. The number of halogens is 1. The average Bonchev–Trinajstić information content (AvgIpc) is 2.62. The summed E-state index contributed by atoms with van der Waals surface area (Å²) in [5.41, 5.74) is 4.20. The van der Waals surface area contributed by atoms with Crippen molar-refractivity contribution in [3.63, 3.8) is 0 Å². The molecule has 1 saturated heterocycles. The minimum absolute atomic E-state index is 0.191. The Hall–Kier alpha value is -2.04. The van der Waals surface area contributed by atoms with Gasteiger partial charge in [-0.1, -0.05) is 35.9 Å². The van der Waals surface area contributed by atoms with E-state index in [4.69, 9.17) is 21.3 Å². The molecule has 0 saturated carbocycles. The molecule has 1 spiro atoms. The van der Waals surface area contributed by atoms with Gasteiger partial charge in [-0.2, -0.15) is 0 Å². The maximum Gasteiger partial charge on any atom is 0.127 e. The molecule has 2 heterocycles. The zero-order chi connectivity index (χ0) is 17.3. The Morgan fingerprint density at radius 2 is 1.88 bits per heavy atom. The first-order valence-electron chi connectivity index (χ1n) is 8.68. The molecule has 2 aromatic rings. The van der Waals surface area contributed by atoms with Crippen LogP contribution in [0, 0.1) is 6.92 Å². The number of hydrogen-bond acceptors (Lipinski definition) is 3. The van der Waals surface area contributed by atoms with E-state index < -0.39 is 0 Å². The highest BCUT2D eigenvalue weighted by atomic mass is 35.5. The summed E-state index contributed by atoms with van der Waals surface area (Å²) in [6.45, 7) is 4.08. The Balaban J connectivity index is 1.67. The maximum absolute atomic E-state index is 6.38. The maximum atomic E-state index is 6.38. The van der Waals surface area contributed by atoms with Crippen LogP contribution in [0.5, 0.6) is 0 Å². The number of para-hydroxylation sites is 2. The number of aliphatic imine (C=N–C) groups is 1. The van der Waals surface area contributed by atoms with E-state index >= 15 is 0 Å². The van der Waals surface area contributed by atoms with Crippen molar-refractivity contribution in [2.24, 2.45) is 4.99 Å². The molecule has 0 amide bonds. The standard InChI is InChI=1S/C20H22ClN3O/c1-14-6-7-15(16(21)12-14)13-22-19-20(8-10-25-11-9-20)24-18-5-3-2-4-17(18)23-19/h2-7,12,24H,8-11,13H2,1H3,(H,22,23). The van der Waals surface area contributed by atoms with Crippen LogP contribution in [0.25, 0.3) is 0 Å². The zero-order valence-corrected chi connectivity index (χ0v) is 15.1. The van der Waals surface area contributed by atoms with Gasteiger partial charge in [-0.05, 0) is 36.2 Å². The minimum Gasteiger partial charge on any atom is -0.381 e. The lowest BCUT2D eigenvalue weighted by Crippen LogP contribution is -2.55. The van der Waals surface area contributed by atoms with Crippen LogP contribution < -0.4 is 10.6 Å². The van der Waals surface area contributed by atoms with Crippen LogP contribution in [-0.4, -0.2) is 24.6 Å². The van der Waals surface area contributed by atoms with Crippen molar-refractivity contribution in [1.82, 2.24) is 0 Å². The normalized spacial score (nSPS) is 20.0. The Labute approximate surface area is 153 Å². The molecule has 0 bridgehead atoms. The van der Waals surface area contributed by atoms with Gasteiger partial charge in [-0.25, -0.2) is 0 Å². The van der Waals surface area contributed by atoms with Crippen molar-refractivity contribution in [2.45, 2.75) is 31.8 Å². The van der Waals surface area contributed by atoms with Crippen molar-refractivity contribution in [3.8, 4) is 0 Å². The second kappa shape index (κ2) is 6.70. The van der Waals surface area contributed by atoms with E-state index in [-0.39, 0.29) is 5.54 Å². The van der Waals surface area contributed by atoms with Crippen LogP contribution in [0.3, 0.4) is 0 Å². The van der Waals surface area contributed by atoms with Crippen LogP contribution in [0.15, 0.2) is 47.5 Å². The fourth-order valence-electron chi connectivity index (χ4n) is 3.48. The summed E-state index contributed by atoms with van der Waals surface area (Å²) in [5, 5.41) is 8.04. The molecule has 2 aliphatic heterocycles. The van der Waals surface area contributed by atoms with E-state index in [0.717, 1.165) is 59.4 Å². The number of fused-ring (bicyclic) bond motifs is 1. The van der Waals surface area contributed by atoms with Gasteiger partial charge in [0, 0.05) is 31.1 Å². The summed E-state index contributed by atoms with van der Waals surface area (Å²) < 4.78 is 5.58. The fraction of sp³-hybridized carbons (Fsp3) is 0.350. The smallest absolute Gasteiger partial charge is 0.127 e. The van der Waals surface area contributed by atoms with Crippen LogP contribution in [0.1, 0.15) is 24.0 Å². The molecular formula is C20H22ClN3O. The number of anilines is 2. The number of nitrogens with one attached hydrogen (secondary N) is 2. The number of hydrogen-bond donors (Lipinski definition) is 2. The van der Waals surface area contributed by atoms with Crippen molar-refractivity contribution >= 4 is 28.8 Å². The monoisotopic (exact) mass is 355 g/mol. The van der Waals surface area contributed by atoms with Crippen molar-refractivity contribution in [3.05, 3.63) is 58.6 Å². The quantitative estimate of drug-likeness (QED) is 0.825. The summed E-state index contributed by atoms with van der Waals surface area (Å²) in [4.78, 5) is 4.92. The van der Waals surface area contributed by atoms with Crippen molar-refractivity contribution in [2.75, 3.05) is 23.8 Å². The number of benzene rings is 2. The first-order valence-corrected chi connectivity index (χ1v) is 9.06. The second-order valence-corrected chi connectivity index (χ2v) is 7.16. The molecule has 0 unspecified atom stereocenters. The van der Waals surface area contributed by atoms with Gasteiger partial charge >= 0.3 is 0 Å². The summed E-state index contributed by atoms with van der Waals surface area (Å²) in [6.07, 6.45) is 1.80. The highest BCUT2D eigenvalue weighted by Gasteiger charge is 2.41. The lowest BCUT2D eigenvalue weighted by Gasteiger charge is -2.43.